The van der Waals surface area contributed by atoms with Crippen molar-refractivity contribution in [1.82, 2.24) is 19.9 Å². The molecule has 0 saturated carbocycles. The van der Waals surface area contributed by atoms with Gasteiger partial charge in [-0.2, -0.15) is 0 Å². The van der Waals surface area contributed by atoms with Crippen LogP contribution in [0.25, 0.3) is 16.6 Å². The van der Waals surface area contributed by atoms with Gasteiger partial charge in [-0.25, -0.2) is 14.8 Å². The minimum absolute atomic E-state index is 0.401. The lowest BCUT2D eigenvalue weighted by atomic mass is 10.1. The highest BCUT2D eigenvalue weighted by atomic mass is 16.2. The predicted molar refractivity (Wildman–Crippen MR) is 109 cm³/mol. The quantitative estimate of drug-likeness (QED) is 0.334. The van der Waals surface area contributed by atoms with Gasteiger partial charge in [0.15, 0.2) is 6.21 Å². The zero-order valence-electron chi connectivity index (χ0n) is 15.1. The number of hydrogen-bond acceptors (Lipinski definition) is 5. The molecule has 0 aliphatic carbocycles. The lowest BCUT2D eigenvalue weighted by molar-refractivity contribution is -0.104. The van der Waals surface area contributed by atoms with Crippen molar-refractivity contribution >= 4 is 46.0 Å². The monoisotopic (exact) mass is 377 g/mol. The Kier molecular flexibility index (Phi) is 4.40. The van der Waals surface area contributed by atoms with Crippen LogP contribution in [0.1, 0.15) is 17.7 Å². The van der Waals surface area contributed by atoms with Crippen LogP contribution in [-0.4, -0.2) is 45.2 Å². The maximum Gasteiger partial charge on any atom is 0.315 e. The Morgan fingerprint density at radius 2 is 2.18 bits per heavy atom. The molecule has 1 aliphatic heterocycles. The van der Waals surface area contributed by atoms with Crippen LogP contribution in [-0.2, 0) is 0 Å². The fourth-order valence-corrected chi connectivity index (χ4v) is 3.26. The molecule has 8 N–H and O–H groups in total. The number of amides is 2. The molecule has 28 heavy (non-hydrogen) atoms. The maximum atomic E-state index is 11.3. The Morgan fingerprint density at radius 3 is 2.89 bits per heavy atom. The number of nitrogen functional groups attached to an aromatic ring is 1. The number of benzene rings is 1. The predicted octanol–water partition coefficient (Wildman–Crippen LogP) is 0.630. The molecule has 9 nitrogen and oxygen atoms in total. The van der Waals surface area contributed by atoms with E-state index in [0.717, 1.165) is 40.0 Å². The van der Waals surface area contributed by atoms with E-state index in [0.29, 0.717) is 24.6 Å². The van der Waals surface area contributed by atoms with Gasteiger partial charge in [-0.3, -0.25) is 5.41 Å². The average molecular weight is 377 g/mol. The van der Waals surface area contributed by atoms with Crippen molar-refractivity contribution in [3.63, 3.8) is 0 Å². The normalized spacial score (nSPS) is 14.0. The van der Waals surface area contributed by atoms with Crippen LogP contribution < -0.4 is 22.2 Å². The topological polar surface area (TPSA) is 152 Å². The molecule has 2 aromatic heterocycles. The molecule has 3 aromatic rings. The summed E-state index contributed by atoms with van der Waals surface area (Å²) >= 11 is 0. The van der Waals surface area contributed by atoms with Gasteiger partial charge >= 0.3 is 6.03 Å². The summed E-state index contributed by atoms with van der Waals surface area (Å²) in [5.41, 5.74) is 16.2. The number of nitrogens with zero attached hydrogens (tertiary/aromatic N) is 3. The molecule has 0 spiro atoms. The first kappa shape index (κ1) is 17.5. The minimum Gasteiger partial charge on any atom is -0.398 e. The van der Waals surface area contributed by atoms with Crippen LogP contribution >= 0.6 is 0 Å². The van der Waals surface area contributed by atoms with Gasteiger partial charge in [0.25, 0.3) is 0 Å². The van der Waals surface area contributed by atoms with Crippen LogP contribution in [0.15, 0.2) is 36.7 Å². The number of hydrogen-bond donors (Lipinski definition) is 5. The number of nitrogens with one attached hydrogen (secondary N) is 2. The number of fused-ring (bicyclic) bond motifs is 1. The highest BCUT2D eigenvalue weighted by Crippen LogP contribution is 2.29. The van der Waals surface area contributed by atoms with Gasteiger partial charge in [0, 0.05) is 30.2 Å². The first-order valence-electron chi connectivity index (χ1n) is 8.84. The summed E-state index contributed by atoms with van der Waals surface area (Å²) in [6, 6.07) is 7.13. The number of aromatic nitrogens is 3. The Labute approximate surface area is 161 Å². The van der Waals surface area contributed by atoms with Gasteiger partial charge in [0.1, 0.15) is 17.8 Å². The van der Waals surface area contributed by atoms with E-state index in [9.17, 15) is 4.79 Å². The number of carbonyl (C=O) groups is 1. The largest absolute Gasteiger partial charge is 0.398 e. The number of urea groups is 1. The molecule has 4 rings (SSSR count). The van der Waals surface area contributed by atoms with E-state index in [1.165, 1.54) is 12.5 Å². The summed E-state index contributed by atoms with van der Waals surface area (Å²) < 4.78 is 0. The zero-order valence-corrected chi connectivity index (χ0v) is 15.1. The van der Waals surface area contributed by atoms with Gasteiger partial charge in [-0.1, -0.05) is 6.08 Å². The Morgan fingerprint density at radius 1 is 1.32 bits per heavy atom. The van der Waals surface area contributed by atoms with E-state index in [2.05, 4.69) is 20.3 Å². The molecule has 0 bridgehead atoms. The van der Waals surface area contributed by atoms with Crippen LogP contribution in [0.5, 0.6) is 0 Å². The second-order valence-corrected chi connectivity index (χ2v) is 6.57. The number of H-pyrrole nitrogens is 1. The van der Waals surface area contributed by atoms with E-state index in [1.54, 1.807) is 11.0 Å². The standard InChI is InChI=1S/C19H20N8O/c20-9-12-7-13(1-2-15(12)21)25-17-14-8-16(26-18(14)24-10-23-17)11-3-5-27(6-4-11)19(22)28/h1-3,7-10,20H,4-6,21H2,(H2,22,28)(H2,23,24,25,26)/p+1. The van der Waals surface area contributed by atoms with Gasteiger partial charge in [0.05, 0.1) is 10.9 Å². The molecule has 3 heterocycles. The average Bonchev–Trinajstić information content (AvgIpc) is 3.15. The van der Waals surface area contributed by atoms with Gasteiger partial charge in [-0.15, -0.1) is 0 Å². The summed E-state index contributed by atoms with van der Waals surface area (Å²) in [5, 5.41) is 9.78. The van der Waals surface area contributed by atoms with Crippen molar-refractivity contribution in [2.24, 2.45) is 5.73 Å². The molecule has 0 unspecified atom stereocenters. The fraction of sp³-hybridized carbons (Fsp3) is 0.158. The number of anilines is 3. The van der Waals surface area contributed by atoms with Gasteiger partial charge in [0.2, 0.25) is 0 Å². The number of primary amides is 1. The van der Waals surface area contributed by atoms with Crippen molar-refractivity contribution in [3.8, 4) is 0 Å². The third kappa shape index (κ3) is 3.25. The molecule has 9 heteroatoms. The first-order valence-corrected chi connectivity index (χ1v) is 8.84. The number of nitrogens with two attached hydrogens (primary N) is 3. The van der Waals surface area contributed by atoms with E-state index in [4.69, 9.17) is 16.9 Å². The van der Waals surface area contributed by atoms with Crippen LogP contribution in [0, 0.1) is 0 Å². The summed E-state index contributed by atoms with van der Waals surface area (Å²) in [4.78, 5) is 24.9. The lowest BCUT2D eigenvalue weighted by Gasteiger charge is -2.24. The molecule has 0 saturated heterocycles. The Balaban J connectivity index is 1.65. The van der Waals surface area contributed by atoms with Crippen molar-refractivity contribution in [1.29, 1.82) is 0 Å². The second kappa shape index (κ2) is 7.03. The summed E-state index contributed by atoms with van der Waals surface area (Å²) in [6.45, 7) is 1.09. The van der Waals surface area contributed by atoms with Gasteiger partial charge in [-0.05, 0) is 36.3 Å². The zero-order chi connectivity index (χ0) is 19.7. The molecule has 2 amide bonds. The number of carbonyl (C=O) groups excluding carboxylic acids is 1. The molecule has 1 aliphatic rings. The Hall–Kier alpha value is -3.88. The lowest BCUT2D eigenvalue weighted by Crippen LogP contribution is -2.38. The number of aromatic amines is 1. The van der Waals surface area contributed by atoms with E-state index in [-0.39, 0.29) is 0 Å². The molecule has 142 valence electrons. The fourth-order valence-electron chi connectivity index (χ4n) is 3.26. The second-order valence-electron chi connectivity index (χ2n) is 6.57. The number of rotatable bonds is 4. The van der Waals surface area contributed by atoms with Gasteiger partial charge < -0.3 is 26.7 Å². The van der Waals surface area contributed by atoms with Crippen LogP contribution in [0.4, 0.5) is 22.0 Å². The molecule has 1 aromatic carbocycles. The third-order valence-corrected chi connectivity index (χ3v) is 4.82. The molecule has 0 atom stereocenters. The van der Waals surface area contributed by atoms with Crippen molar-refractivity contribution < 1.29 is 10.2 Å². The first-order chi connectivity index (χ1) is 13.5. The molecular weight excluding hydrogens is 356 g/mol. The highest BCUT2D eigenvalue weighted by Gasteiger charge is 2.18. The van der Waals surface area contributed by atoms with E-state index < -0.39 is 6.03 Å². The molecular formula is C19H21N8O+. The van der Waals surface area contributed by atoms with Crippen molar-refractivity contribution in [2.45, 2.75) is 6.42 Å². The maximum absolute atomic E-state index is 11.3. The third-order valence-electron chi connectivity index (χ3n) is 4.82. The summed E-state index contributed by atoms with van der Waals surface area (Å²) in [7, 11) is 0. The minimum atomic E-state index is -0.401. The van der Waals surface area contributed by atoms with E-state index >= 15 is 0 Å². The van der Waals surface area contributed by atoms with E-state index in [1.807, 2.05) is 24.3 Å². The Bertz CT molecular complexity index is 1100. The van der Waals surface area contributed by atoms with Crippen molar-refractivity contribution in [3.05, 3.63) is 47.9 Å². The molecule has 0 radical (unpaired) electrons. The highest BCUT2D eigenvalue weighted by molar-refractivity contribution is 5.93. The van der Waals surface area contributed by atoms with Crippen LogP contribution in [0.3, 0.4) is 0 Å². The summed E-state index contributed by atoms with van der Waals surface area (Å²) in [5.74, 6) is 0.676. The molecule has 0 fully saturated rings. The van der Waals surface area contributed by atoms with Crippen molar-refractivity contribution in [2.75, 3.05) is 24.1 Å². The smallest absolute Gasteiger partial charge is 0.315 e. The van der Waals surface area contributed by atoms with Crippen LogP contribution in [0.2, 0.25) is 0 Å². The SMILES string of the molecule is NC(=O)N1CC=C(c2cc3c(Nc4ccc(N)c(C=[NH2+])c4)ncnc3[nH]2)CC1. The summed E-state index contributed by atoms with van der Waals surface area (Å²) in [6.07, 6.45) is 5.69.